The second-order valence-corrected chi connectivity index (χ2v) is 11.0. The number of benzene rings is 4. The predicted octanol–water partition coefficient (Wildman–Crippen LogP) is 9.07. The average molecular weight is 509 g/mol. The molecular formula is C34H30F2NO+. The summed E-state index contributed by atoms with van der Waals surface area (Å²) in [6.45, 7) is 7.19. The molecule has 0 aliphatic rings. The Labute approximate surface area is 224 Å². The molecule has 0 fully saturated rings. The van der Waals surface area contributed by atoms with Gasteiger partial charge >= 0.3 is 0 Å². The van der Waals surface area contributed by atoms with Crippen LogP contribution in [-0.2, 0) is 13.4 Å². The van der Waals surface area contributed by atoms with Gasteiger partial charge in [-0.1, -0.05) is 69.3 Å². The molecule has 0 radical (unpaired) electrons. The first-order chi connectivity index (χ1) is 18.9. The van der Waals surface area contributed by atoms with E-state index >= 15 is 8.78 Å². The fraction of sp³-hybridized carbons (Fsp3) is 0.206. The number of rotatable bonds is 3. The Kier molecular flexibility index (Phi) is 5.07. The second kappa shape index (κ2) is 8.76. The lowest BCUT2D eigenvalue weighted by Crippen LogP contribution is -2.33. The standard InChI is InChI=1S/C34H30F2NO/c1-20-10-13-25-26-14-15-27(35)31(23-12-11-21-8-6-7-9-22(21)16-23)33(26)38-32(25)30(20)29-17-28(36)24(19-37(29)5)18-34(2,3)4/h6-17,19H,18H2,1-5H3/q+1/i18D2. The summed E-state index contributed by atoms with van der Waals surface area (Å²) in [5.74, 6) is -1.01. The zero-order chi connectivity index (χ0) is 28.6. The first-order valence-electron chi connectivity index (χ1n) is 13.7. The molecule has 0 atom stereocenters. The van der Waals surface area contributed by atoms with Crippen LogP contribution in [0.2, 0.25) is 0 Å². The zero-order valence-corrected chi connectivity index (χ0v) is 22.1. The molecule has 2 aromatic heterocycles. The van der Waals surface area contributed by atoms with E-state index in [1.165, 1.54) is 18.3 Å². The lowest BCUT2D eigenvalue weighted by atomic mass is 9.88. The third-order valence-corrected chi connectivity index (χ3v) is 6.99. The maximum absolute atomic E-state index is 15.6. The summed E-state index contributed by atoms with van der Waals surface area (Å²) in [4.78, 5) is 0. The summed E-state index contributed by atoms with van der Waals surface area (Å²) in [6, 6.07) is 22.2. The summed E-state index contributed by atoms with van der Waals surface area (Å²) in [6.07, 6.45) is -0.364. The van der Waals surface area contributed by atoms with Gasteiger partial charge in [0.1, 0.15) is 29.8 Å². The number of hydrogen-bond acceptors (Lipinski definition) is 1. The summed E-state index contributed by atoms with van der Waals surface area (Å²) in [7, 11) is 1.78. The van der Waals surface area contributed by atoms with Gasteiger partial charge in [-0.15, -0.1) is 0 Å². The van der Waals surface area contributed by atoms with Crippen molar-refractivity contribution in [3.63, 3.8) is 0 Å². The molecular weight excluding hydrogens is 476 g/mol. The molecule has 0 aliphatic carbocycles. The molecule has 0 bridgehead atoms. The van der Waals surface area contributed by atoms with E-state index in [-0.39, 0.29) is 11.4 Å². The van der Waals surface area contributed by atoms with E-state index in [1.54, 1.807) is 38.5 Å². The molecule has 0 unspecified atom stereocenters. The summed E-state index contributed by atoms with van der Waals surface area (Å²) >= 11 is 0. The maximum atomic E-state index is 15.6. The van der Waals surface area contributed by atoms with Crippen LogP contribution in [0, 0.1) is 24.0 Å². The highest BCUT2D eigenvalue weighted by molar-refractivity contribution is 6.13. The number of pyridine rings is 1. The molecule has 4 heteroatoms. The summed E-state index contributed by atoms with van der Waals surface area (Å²) in [5.41, 5.74) is 3.34. The van der Waals surface area contributed by atoms with Crippen LogP contribution in [0.25, 0.3) is 55.1 Å². The topological polar surface area (TPSA) is 17.0 Å². The summed E-state index contributed by atoms with van der Waals surface area (Å²) in [5, 5.41) is 3.63. The van der Waals surface area contributed by atoms with Crippen molar-refractivity contribution in [3.8, 4) is 22.4 Å². The van der Waals surface area contributed by atoms with Crippen molar-refractivity contribution in [2.75, 3.05) is 0 Å². The van der Waals surface area contributed by atoms with E-state index in [2.05, 4.69) is 0 Å². The minimum atomic E-state index is -1.89. The first kappa shape index (κ1) is 22.0. The molecule has 190 valence electrons. The molecule has 0 spiro atoms. The van der Waals surface area contributed by atoms with Gasteiger partial charge in [0.05, 0.1) is 16.7 Å². The van der Waals surface area contributed by atoms with Crippen LogP contribution in [0.1, 0.15) is 34.6 Å². The zero-order valence-electron chi connectivity index (χ0n) is 24.1. The Morgan fingerprint density at radius 2 is 1.50 bits per heavy atom. The van der Waals surface area contributed by atoms with Gasteiger partial charge < -0.3 is 4.42 Å². The van der Waals surface area contributed by atoms with Crippen LogP contribution < -0.4 is 4.57 Å². The number of hydrogen-bond donors (Lipinski definition) is 0. The molecule has 2 heterocycles. The van der Waals surface area contributed by atoms with Gasteiger partial charge in [0, 0.05) is 19.6 Å². The van der Waals surface area contributed by atoms with Crippen molar-refractivity contribution < 1.29 is 20.5 Å². The van der Waals surface area contributed by atoms with Gasteiger partial charge in [-0.05, 0) is 58.8 Å². The quantitative estimate of drug-likeness (QED) is 0.218. The van der Waals surface area contributed by atoms with Crippen molar-refractivity contribution in [1.29, 1.82) is 0 Å². The highest BCUT2D eigenvalue weighted by atomic mass is 19.1. The molecule has 6 rings (SSSR count). The Morgan fingerprint density at radius 3 is 2.24 bits per heavy atom. The monoisotopic (exact) mass is 508 g/mol. The van der Waals surface area contributed by atoms with Crippen LogP contribution in [0.3, 0.4) is 0 Å². The van der Waals surface area contributed by atoms with E-state index in [0.717, 1.165) is 27.1 Å². The van der Waals surface area contributed by atoms with Crippen LogP contribution >= 0.6 is 0 Å². The largest absolute Gasteiger partial charge is 0.454 e. The van der Waals surface area contributed by atoms with Crippen LogP contribution in [0.5, 0.6) is 0 Å². The van der Waals surface area contributed by atoms with Crippen molar-refractivity contribution >= 4 is 32.7 Å². The van der Waals surface area contributed by atoms with Crippen molar-refractivity contribution in [1.82, 2.24) is 0 Å². The highest BCUT2D eigenvalue weighted by Gasteiger charge is 2.26. The Balaban J connectivity index is 1.61. The molecule has 0 saturated carbocycles. The first-order valence-corrected chi connectivity index (χ1v) is 12.7. The molecule has 6 aromatic rings. The molecule has 0 N–H and O–H groups in total. The van der Waals surface area contributed by atoms with E-state index in [4.69, 9.17) is 7.16 Å². The normalized spacial score (nSPS) is 13.3. The Bertz CT molecular complexity index is 1970. The fourth-order valence-corrected chi connectivity index (χ4v) is 5.28. The third kappa shape index (κ3) is 4.05. The number of halogens is 2. The second-order valence-electron chi connectivity index (χ2n) is 11.0. The lowest BCUT2D eigenvalue weighted by Gasteiger charge is -2.18. The van der Waals surface area contributed by atoms with Gasteiger partial charge in [0.25, 0.3) is 0 Å². The Hall–Kier alpha value is -4.05. The summed E-state index contributed by atoms with van der Waals surface area (Å²) < 4.78 is 56.5. The van der Waals surface area contributed by atoms with Gasteiger partial charge in [0.15, 0.2) is 6.20 Å². The smallest absolute Gasteiger partial charge is 0.219 e. The molecule has 4 aromatic carbocycles. The van der Waals surface area contributed by atoms with Crippen LogP contribution in [0.15, 0.2) is 83.4 Å². The van der Waals surface area contributed by atoms with E-state index in [0.29, 0.717) is 33.6 Å². The lowest BCUT2D eigenvalue weighted by molar-refractivity contribution is -0.661. The molecule has 38 heavy (non-hydrogen) atoms. The Morgan fingerprint density at radius 1 is 0.816 bits per heavy atom. The van der Waals surface area contributed by atoms with Gasteiger partial charge in [0.2, 0.25) is 5.69 Å². The fourth-order valence-electron chi connectivity index (χ4n) is 5.28. The van der Waals surface area contributed by atoms with Crippen LogP contribution in [0.4, 0.5) is 8.78 Å². The molecule has 0 saturated heterocycles. The predicted molar refractivity (Wildman–Crippen MR) is 151 cm³/mol. The SMILES string of the molecule is [2H]C([2H])(c1c[n+](C)c(-c2c(C)ccc3c2oc2c(-c4ccc5ccccc5c4)c(F)ccc23)cc1F)C(C)(C)C. The molecule has 2 nitrogen and oxygen atoms in total. The average Bonchev–Trinajstić information content (AvgIpc) is 3.27. The minimum Gasteiger partial charge on any atom is -0.454 e. The van der Waals surface area contributed by atoms with Crippen molar-refractivity contribution in [3.05, 3.63) is 102 Å². The number of aryl methyl sites for hydroxylation is 2. The molecule has 0 amide bonds. The van der Waals surface area contributed by atoms with Crippen LogP contribution in [-0.4, -0.2) is 0 Å². The number of furan rings is 1. The molecule has 0 aliphatic heterocycles. The number of aromatic nitrogens is 1. The van der Waals surface area contributed by atoms with Gasteiger partial charge in [-0.3, -0.25) is 0 Å². The van der Waals surface area contributed by atoms with E-state index in [9.17, 15) is 0 Å². The number of nitrogens with zero attached hydrogens (tertiary/aromatic N) is 1. The van der Waals surface area contributed by atoms with Gasteiger partial charge in [-0.25, -0.2) is 13.3 Å². The minimum absolute atomic E-state index is 0.00125. The third-order valence-electron chi connectivity index (χ3n) is 6.99. The highest BCUT2D eigenvalue weighted by Crippen LogP contribution is 2.42. The van der Waals surface area contributed by atoms with Crippen molar-refractivity contribution in [2.45, 2.75) is 34.1 Å². The van der Waals surface area contributed by atoms with E-state index < -0.39 is 17.6 Å². The maximum Gasteiger partial charge on any atom is 0.219 e. The number of fused-ring (bicyclic) bond motifs is 4. The van der Waals surface area contributed by atoms with Crippen molar-refractivity contribution in [2.24, 2.45) is 12.5 Å². The van der Waals surface area contributed by atoms with E-state index in [1.807, 2.05) is 61.5 Å². The van der Waals surface area contributed by atoms with Gasteiger partial charge in [-0.2, -0.15) is 0 Å².